The highest BCUT2D eigenvalue weighted by Crippen LogP contribution is 1.84. The summed E-state index contributed by atoms with van der Waals surface area (Å²) in [4.78, 5) is 25.4. The first-order chi connectivity index (χ1) is 5.56. The van der Waals surface area contributed by atoms with E-state index in [0.717, 1.165) is 0 Å². The van der Waals surface area contributed by atoms with Crippen LogP contribution in [0.3, 0.4) is 0 Å². The minimum absolute atomic E-state index is 0.145. The van der Waals surface area contributed by atoms with Crippen molar-refractivity contribution < 1.29 is 24.0 Å². The van der Waals surface area contributed by atoms with Gasteiger partial charge >= 0.3 is 11.9 Å². The molecule has 0 fully saturated rings. The molecule has 0 bridgehead atoms. The van der Waals surface area contributed by atoms with Gasteiger partial charge in [0.1, 0.15) is 0 Å². The molecule has 0 saturated carbocycles. The van der Waals surface area contributed by atoms with Crippen molar-refractivity contribution in [1.29, 1.82) is 0 Å². The first kappa shape index (κ1) is 10.5. The zero-order chi connectivity index (χ0) is 9.56. The van der Waals surface area contributed by atoms with Crippen LogP contribution in [0.4, 0.5) is 0 Å². The van der Waals surface area contributed by atoms with E-state index in [1.165, 1.54) is 6.92 Å². The molecular formula is C6H10N2O4. The van der Waals surface area contributed by atoms with Crippen LogP contribution in [0.1, 0.15) is 13.8 Å². The second-order valence-corrected chi connectivity index (χ2v) is 1.91. The smallest absolute Gasteiger partial charge is 0.415 e. The number of carbonyl (C=O) groups excluding carboxylic acids is 2. The summed E-state index contributed by atoms with van der Waals surface area (Å²) in [6.45, 7) is 2.40. The van der Waals surface area contributed by atoms with Crippen LogP contribution in [0, 0.1) is 0 Å². The lowest BCUT2D eigenvalue weighted by atomic mass is 10.7. The van der Waals surface area contributed by atoms with Crippen molar-refractivity contribution in [3.63, 3.8) is 0 Å². The number of hydrogen-bond acceptors (Lipinski definition) is 4. The van der Waals surface area contributed by atoms with E-state index in [1.54, 1.807) is 6.92 Å². The molecule has 12 heavy (non-hydrogen) atoms. The number of rotatable bonds is 4. The van der Waals surface area contributed by atoms with Gasteiger partial charge in [-0.1, -0.05) is 4.86 Å². The van der Waals surface area contributed by atoms with Crippen LogP contribution in [0.25, 0.3) is 5.53 Å². The first-order valence-electron chi connectivity index (χ1n) is 3.36. The predicted molar refractivity (Wildman–Crippen MR) is 36.9 cm³/mol. The third-order valence-corrected chi connectivity index (χ3v) is 0.871. The Balaban J connectivity index is 3.60. The van der Waals surface area contributed by atoms with Crippen LogP contribution in [0.2, 0.25) is 0 Å². The maximum atomic E-state index is 10.6. The minimum atomic E-state index is -0.824. The van der Waals surface area contributed by atoms with Crippen molar-refractivity contribution in [2.24, 2.45) is 0 Å². The molecule has 0 heterocycles. The Bertz CT molecular complexity index is 202. The average molecular weight is 174 g/mol. The molecule has 0 aliphatic carbocycles. The van der Waals surface area contributed by atoms with Crippen LogP contribution in [-0.4, -0.2) is 30.0 Å². The summed E-state index contributed by atoms with van der Waals surface area (Å²) in [5.74, 6) is -1.40. The molecular weight excluding hydrogens is 164 g/mol. The number of hydroxylamine groups is 1. The van der Waals surface area contributed by atoms with Gasteiger partial charge in [0.15, 0.2) is 13.2 Å². The van der Waals surface area contributed by atoms with E-state index >= 15 is 0 Å². The highest BCUT2D eigenvalue weighted by molar-refractivity contribution is 5.74. The van der Waals surface area contributed by atoms with Gasteiger partial charge in [-0.15, -0.1) is 0 Å². The number of hydrogen-bond donors (Lipinski definition) is 0. The molecule has 0 radical (unpaired) electrons. The van der Waals surface area contributed by atoms with Gasteiger partial charge < -0.3 is 10.3 Å². The van der Waals surface area contributed by atoms with Crippen molar-refractivity contribution in [1.82, 2.24) is 0 Å². The van der Waals surface area contributed by atoms with E-state index < -0.39 is 18.5 Å². The number of esters is 1. The molecule has 0 aliphatic heterocycles. The summed E-state index contributed by atoms with van der Waals surface area (Å²) in [5, 5.41) is 0. The van der Waals surface area contributed by atoms with Gasteiger partial charge in [0.05, 0.1) is 0 Å². The fraction of sp³-hybridized carbons (Fsp3) is 0.667. The predicted octanol–water partition coefficient (Wildman–Crippen LogP) is 0.0617. The number of nitrogens with zero attached hydrogens (tertiary/aromatic N) is 2. The normalized spacial score (nSPS) is 8.83. The fourth-order valence-electron chi connectivity index (χ4n) is 0.369. The first-order valence-corrected chi connectivity index (χ1v) is 3.36. The largest absolute Gasteiger partial charge is 0.454 e. The summed E-state index contributed by atoms with van der Waals surface area (Å²) in [7, 11) is 0. The van der Waals surface area contributed by atoms with Gasteiger partial charge in [-0.3, -0.25) is 4.79 Å². The monoisotopic (exact) mass is 174 g/mol. The molecule has 0 aliphatic rings. The standard InChI is InChI=1S/C6H10N2O4/c1-3-8(7)12-6(10)4-11-5(2)9/h3-4H2,1-2H3. The second kappa shape index (κ2) is 5.22. The molecule has 0 aromatic rings. The lowest BCUT2D eigenvalue weighted by Gasteiger charge is -2.01. The molecule has 0 rings (SSSR count). The molecule has 0 N–H and O–H groups in total. The third kappa shape index (κ3) is 5.33. The Morgan fingerprint density at radius 1 is 1.50 bits per heavy atom. The number of carbonyl (C=O) groups is 2. The molecule has 0 amide bonds. The molecule has 0 unspecified atom stereocenters. The van der Waals surface area contributed by atoms with E-state index in [9.17, 15) is 9.59 Å². The quantitative estimate of drug-likeness (QED) is 0.261. The fourth-order valence-corrected chi connectivity index (χ4v) is 0.369. The van der Waals surface area contributed by atoms with Crippen LogP contribution in [0.15, 0.2) is 0 Å². The van der Waals surface area contributed by atoms with Crippen LogP contribution in [-0.2, 0) is 19.2 Å². The second-order valence-electron chi connectivity index (χ2n) is 1.91. The van der Waals surface area contributed by atoms with Crippen molar-refractivity contribution in [2.75, 3.05) is 13.2 Å². The molecule has 0 atom stereocenters. The molecule has 0 aromatic carbocycles. The minimum Gasteiger partial charge on any atom is -0.454 e. The maximum Gasteiger partial charge on any atom is 0.415 e. The van der Waals surface area contributed by atoms with Crippen molar-refractivity contribution in [3.05, 3.63) is 5.53 Å². The van der Waals surface area contributed by atoms with Crippen molar-refractivity contribution in [2.45, 2.75) is 13.8 Å². The average Bonchev–Trinajstić information content (AvgIpc) is 2.00. The Kier molecular flexibility index (Phi) is 4.59. The molecule has 0 spiro atoms. The lowest BCUT2D eigenvalue weighted by molar-refractivity contribution is -0.775. The maximum absolute atomic E-state index is 10.6. The van der Waals surface area contributed by atoms with Gasteiger partial charge in [-0.25, -0.2) is 9.63 Å². The summed E-state index contributed by atoms with van der Waals surface area (Å²) in [5.41, 5.74) is 8.64. The lowest BCUT2D eigenvalue weighted by Crippen LogP contribution is -2.20. The number of ether oxygens (including phenoxy) is 1. The Morgan fingerprint density at radius 3 is 2.50 bits per heavy atom. The van der Waals surface area contributed by atoms with Gasteiger partial charge in [-0.2, -0.15) is 0 Å². The van der Waals surface area contributed by atoms with Gasteiger partial charge in [0, 0.05) is 6.92 Å². The molecule has 0 aromatic heterocycles. The van der Waals surface area contributed by atoms with Gasteiger partial charge in [-0.05, 0) is 6.92 Å². The summed E-state index contributed by atoms with van der Waals surface area (Å²) in [6, 6.07) is 0. The SMILES string of the molecule is CC[N+](=[N-])OC(=O)COC(C)=O. The topological polar surface area (TPSA) is 77.9 Å². The van der Waals surface area contributed by atoms with Gasteiger partial charge in [0.2, 0.25) is 0 Å². The highest BCUT2D eigenvalue weighted by atomic mass is 16.7. The Labute approximate surface area is 69.5 Å². The van der Waals surface area contributed by atoms with Gasteiger partial charge in [0.25, 0.3) is 0 Å². The van der Waals surface area contributed by atoms with E-state index in [0.29, 0.717) is 4.86 Å². The molecule has 68 valence electrons. The van der Waals surface area contributed by atoms with Crippen molar-refractivity contribution >= 4 is 11.9 Å². The van der Waals surface area contributed by atoms with E-state index in [2.05, 4.69) is 9.57 Å². The summed E-state index contributed by atoms with van der Waals surface area (Å²) >= 11 is 0. The van der Waals surface area contributed by atoms with E-state index in [-0.39, 0.29) is 6.54 Å². The summed E-state index contributed by atoms with van der Waals surface area (Å²) in [6.07, 6.45) is 0. The van der Waals surface area contributed by atoms with Crippen LogP contribution < -0.4 is 0 Å². The zero-order valence-electron chi connectivity index (χ0n) is 6.94. The third-order valence-electron chi connectivity index (χ3n) is 0.871. The summed E-state index contributed by atoms with van der Waals surface area (Å²) < 4.78 is 4.30. The van der Waals surface area contributed by atoms with E-state index in [4.69, 9.17) is 5.53 Å². The molecule has 6 heteroatoms. The zero-order valence-corrected chi connectivity index (χ0v) is 6.94. The Hall–Kier alpha value is -1.46. The highest BCUT2D eigenvalue weighted by Gasteiger charge is 2.09. The molecule has 6 nitrogen and oxygen atoms in total. The Morgan fingerprint density at radius 2 is 2.08 bits per heavy atom. The van der Waals surface area contributed by atoms with Crippen LogP contribution in [0.5, 0.6) is 0 Å². The van der Waals surface area contributed by atoms with Crippen LogP contribution >= 0.6 is 0 Å². The van der Waals surface area contributed by atoms with E-state index in [1.807, 2.05) is 0 Å². The van der Waals surface area contributed by atoms with Crippen molar-refractivity contribution in [3.8, 4) is 0 Å². The molecule has 0 saturated heterocycles.